The molecule has 2 heterocycles. The highest BCUT2D eigenvalue weighted by molar-refractivity contribution is 5.87. The van der Waals surface area contributed by atoms with Gasteiger partial charge in [0, 0.05) is 19.6 Å². The Labute approximate surface area is 150 Å². The van der Waals surface area contributed by atoms with Crippen molar-refractivity contribution in [2.75, 3.05) is 19.6 Å². The Morgan fingerprint density at radius 2 is 1.44 bits per heavy atom. The Hall–Kier alpha value is -2.13. The van der Waals surface area contributed by atoms with E-state index in [1.807, 2.05) is 60.7 Å². The number of benzene rings is 2. The molecule has 1 N–H and O–H groups in total. The average molecular weight is 334 g/mol. The second-order valence-corrected chi connectivity index (χ2v) is 7.13. The van der Waals surface area contributed by atoms with Gasteiger partial charge in [-0.1, -0.05) is 67.1 Å². The molecule has 0 saturated carbocycles. The molecular formula is C22H26N2O. The zero-order valence-electron chi connectivity index (χ0n) is 14.6. The summed E-state index contributed by atoms with van der Waals surface area (Å²) in [6.45, 7) is 3.01. The lowest BCUT2D eigenvalue weighted by Gasteiger charge is -2.41. The van der Waals surface area contributed by atoms with Crippen molar-refractivity contribution in [1.82, 2.24) is 4.90 Å². The molecule has 0 aliphatic carbocycles. The molecule has 130 valence electrons. The number of aliphatic imine (C=N–C) groups is 1. The van der Waals surface area contributed by atoms with Gasteiger partial charge in [0.25, 0.3) is 0 Å². The van der Waals surface area contributed by atoms with Crippen molar-refractivity contribution in [3.8, 4) is 0 Å². The Bertz CT molecular complexity index is 687. The van der Waals surface area contributed by atoms with Gasteiger partial charge >= 0.3 is 0 Å². The normalized spacial score (nSPS) is 21.2. The zero-order chi connectivity index (χ0) is 17.1. The van der Waals surface area contributed by atoms with Crippen LogP contribution in [0.2, 0.25) is 0 Å². The van der Waals surface area contributed by atoms with E-state index >= 15 is 0 Å². The van der Waals surface area contributed by atoms with E-state index in [4.69, 9.17) is 4.99 Å². The van der Waals surface area contributed by atoms with Gasteiger partial charge in [0.2, 0.25) is 0 Å². The van der Waals surface area contributed by atoms with Gasteiger partial charge in [0.1, 0.15) is 11.4 Å². The molecule has 0 amide bonds. The summed E-state index contributed by atoms with van der Waals surface area (Å²) < 4.78 is 0. The molecule has 0 aromatic heterocycles. The van der Waals surface area contributed by atoms with Crippen molar-refractivity contribution >= 4 is 5.84 Å². The number of nitrogens with zero attached hydrogens (tertiary/aromatic N) is 2. The second-order valence-electron chi connectivity index (χ2n) is 7.13. The van der Waals surface area contributed by atoms with E-state index in [1.165, 1.54) is 6.42 Å². The summed E-state index contributed by atoms with van der Waals surface area (Å²) in [6, 6.07) is 20.3. The van der Waals surface area contributed by atoms with Crippen molar-refractivity contribution in [3.05, 3.63) is 71.8 Å². The summed E-state index contributed by atoms with van der Waals surface area (Å²) >= 11 is 0. The van der Waals surface area contributed by atoms with Crippen LogP contribution in [0.1, 0.15) is 36.8 Å². The van der Waals surface area contributed by atoms with Crippen LogP contribution in [0, 0.1) is 5.92 Å². The fourth-order valence-corrected chi connectivity index (χ4v) is 4.36. The molecule has 0 radical (unpaired) electrons. The lowest BCUT2D eigenvalue weighted by molar-refractivity contribution is 0.0371. The van der Waals surface area contributed by atoms with Gasteiger partial charge in [-0.05, 0) is 30.4 Å². The maximum atomic E-state index is 12.1. The standard InChI is InChI=1S/C22H26N2O/c25-22(18-10-3-1-4-11-18,19-12-5-2-6-13-19)20-14-7-8-16-24-17-9-15-23-21(20)24/h1-6,10-13,20,25H,7-9,14-17H2. The molecule has 2 aromatic rings. The first kappa shape index (κ1) is 16.3. The van der Waals surface area contributed by atoms with Crippen molar-refractivity contribution in [1.29, 1.82) is 0 Å². The molecular weight excluding hydrogens is 308 g/mol. The highest BCUT2D eigenvalue weighted by Crippen LogP contribution is 2.42. The molecule has 1 atom stereocenters. The van der Waals surface area contributed by atoms with Crippen LogP contribution < -0.4 is 0 Å². The van der Waals surface area contributed by atoms with Gasteiger partial charge in [-0.2, -0.15) is 0 Å². The minimum Gasteiger partial charge on any atom is -0.380 e. The molecule has 3 nitrogen and oxygen atoms in total. The van der Waals surface area contributed by atoms with Crippen LogP contribution in [0.5, 0.6) is 0 Å². The first-order valence-electron chi connectivity index (χ1n) is 9.43. The number of rotatable bonds is 3. The molecule has 2 aromatic carbocycles. The van der Waals surface area contributed by atoms with E-state index in [-0.39, 0.29) is 5.92 Å². The van der Waals surface area contributed by atoms with E-state index in [1.54, 1.807) is 0 Å². The summed E-state index contributed by atoms with van der Waals surface area (Å²) in [5.74, 6) is 1.11. The molecule has 25 heavy (non-hydrogen) atoms. The lowest BCUT2D eigenvalue weighted by Crippen LogP contribution is -2.48. The summed E-state index contributed by atoms with van der Waals surface area (Å²) in [5, 5.41) is 12.1. The predicted octanol–water partition coefficient (Wildman–Crippen LogP) is 3.83. The Morgan fingerprint density at radius 1 is 0.840 bits per heavy atom. The van der Waals surface area contributed by atoms with Crippen molar-refractivity contribution < 1.29 is 5.11 Å². The zero-order valence-corrected chi connectivity index (χ0v) is 14.6. The second kappa shape index (κ2) is 7.01. The van der Waals surface area contributed by atoms with Crippen LogP contribution >= 0.6 is 0 Å². The van der Waals surface area contributed by atoms with Gasteiger partial charge in [0.05, 0.1) is 5.92 Å². The first-order valence-corrected chi connectivity index (χ1v) is 9.43. The smallest absolute Gasteiger partial charge is 0.124 e. The Morgan fingerprint density at radius 3 is 2.08 bits per heavy atom. The van der Waals surface area contributed by atoms with Crippen molar-refractivity contribution in [2.24, 2.45) is 10.9 Å². The molecule has 1 unspecified atom stereocenters. The molecule has 3 heteroatoms. The fraction of sp³-hybridized carbons (Fsp3) is 0.409. The quantitative estimate of drug-likeness (QED) is 0.926. The maximum absolute atomic E-state index is 12.1. The minimum absolute atomic E-state index is 0.0000926. The minimum atomic E-state index is -1.04. The first-order chi connectivity index (χ1) is 12.3. The highest BCUT2D eigenvalue weighted by Gasteiger charge is 2.45. The predicted molar refractivity (Wildman–Crippen MR) is 102 cm³/mol. The van der Waals surface area contributed by atoms with E-state index in [0.717, 1.165) is 55.9 Å². The van der Waals surface area contributed by atoms with Crippen LogP contribution in [0.25, 0.3) is 0 Å². The summed E-state index contributed by atoms with van der Waals surface area (Å²) in [6.07, 6.45) is 4.39. The summed E-state index contributed by atoms with van der Waals surface area (Å²) in [5.41, 5.74) is 0.879. The van der Waals surface area contributed by atoms with Gasteiger partial charge in [0.15, 0.2) is 0 Å². The highest BCUT2D eigenvalue weighted by atomic mass is 16.3. The average Bonchev–Trinajstić information content (AvgIpc) is 2.91. The third-order valence-electron chi connectivity index (χ3n) is 5.60. The summed E-state index contributed by atoms with van der Waals surface area (Å²) in [7, 11) is 0. The van der Waals surface area contributed by atoms with Gasteiger partial charge in [-0.15, -0.1) is 0 Å². The number of aliphatic hydroxyl groups is 1. The van der Waals surface area contributed by atoms with E-state index < -0.39 is 5.60 Å². The molecule has 2 aliphatic heterocycles. The van der Waals surface area contributed by atoms with Gasteiger partial charge in [-0.3, -0.25) is 4.99 Å². The molecule has 1 saturated heterocycles. The van der Waals surface area contributed by atoms with Crippen LogP contribution in [0.3, 0.4) is 0 Å². The molecule has 0 bridgehead atoms. The number of amidine groups is 1. The van der Waals surface area contributed by atoms with Crippen LogP contribution in [0.15, 0.2) is 65.7 Å². The topological polar surface area (TPSA) is 35.8 Å². The van der Waals surface area contributed by atoms with Crippen LogP contribution in [0.4, 0.5) is 0 Å². The van der Waals surface area contributed by atoms with Gasteiger partial charge < -0.3 is 10.0 Å². The van der Waals surface area contributed by atoms with E-state index in [2.05, 4.69) is 4.90 Å². The number of hydrogen-bond acceptors (Lipinski definition) is 3. The monoisotopic (exact) mass is 334 g/mol. The molecule has 4 rings (SSSR count). The molecule has 0 spiro atoms. The third-order valence-corrected chi connectivity index (χ3v) is 5.60. The number of hydrogen-bond donors (Lipinski definition) is 1. The molecule has 2 aliphatic rings. The largest absolute Gasteiger partial charge is 0.380 e. The van der Waals surface area contributed by atoms with E-state index in [0.29, 0.717) is 0 Å². The summed E-state index contributed by atoms with van der Waals surface area (Å²) in [4.78, 5) is 7.31. The Balaban J connectivity index is 1.87. The lowest BCUT2D eigenvalue weighted by atomic mass is 9.73. The van der Waals surface area contributed by atoms with Crippen LogP contribution in [-0.2, 0) is 5.60 Å². The number of fused-ring (bicyclic) bond motifs is 1. The van der Waals surface area contributed by atoms with Crippen molar-refractivity contribution in [2.45, 2.75) is 31.3 Å². The maximum Gasteiger partial charge on any atom is 0.124 e. The SMILES string of the molecule is OC(c1ccccc1)(c1ccccc1)C1CCCCN2CCCN=C12. The van der Waals surface area contributed by atoms with Gasteiger partial charge in [-0.25, -0.2) is 0 Å². The van der Waals surface area contributed by atoms with Crippen molar-refractivity contribution in [3.63, 3.8) is 0 Å². The fourth-order valence-electron chi connectivity index (χ4n) is 4.36. The molecule has 1 fully saturated rings. The van der Waals surface area contributed by atoms with Crippen LogP contribution in [-0.4, -0.2) is 35.5 Å². The third kappa shape index (κ3) is 2.98. The van der Waals surface area contributed by atoms with E-state index in [9.17, 15) is 5.11 Å². The Kier molecular flexibility index (Phi) is 4.58.